The summed E-state index contributed by atoms with van der Waals surface area (Å²) in [5.74, 6) is -0.499. The number of nitrogens with one attached hydrogen (secondary N) is 2. The Morgan fingerprint density at radius 1 is 1.14 bits per heavy atom. The van der Waals surface area contributed by atoms with Crippen LogP contribution >= 0.6 is 0 Å². The summed E-state index contributed by atoms with van der Waals surface area (Å²) in [6.45, 7) is 1.95. The first-order chi connectivity index (χ1) is 13.6. The van der Waals surface area contributed by atoms with Gasteiger partial charge in [-0.25, -0.2) is 0 Å². The van der Waals surface area contributed by atoms with Gasteiger partial charge in [-0.1, -0.05) is 42.8 Å². The molecule has 2 aliphatic heterocycles. The molecule has 2 aromatic carbocycles. The number of hydrogen-bond donors (Lipinski definition) is 2. The number of ether oxygens (including phenoxy) is 1. The summed E-state index contributed by atoms with van der Waals surface area (Å²) in [4.78, 5) is 26.4. The van der Waals surface area contributed by atoms with Gasteiger partial charge in [0.1, 0.15) is 11.7 Å². The van der Waals surface area contributed by atoms with Crippen LogP contribution in [0.5, 0.6) is 5.75 Å². The van der Waals surface area contributed by atoms with Crippen molar-refractivity contribution in [3.8, 4) is 5.75 Å². The standard InChI is InChI=1S/C23H24N2O3/c1-14-8-2-4-11-17(14)24-21(26)20-19-15-9-3-5-12-18(15)28-23(25-22(20)27)13-7-6-10-16(19)23/h2-5,8-9,11-12,16,19-20H,6-7,10,13H2,1H3,(H,24,26)(H,25,27)/t16-,19-,20+,23-/m1/s1. The van der Waals surface area contributed by atoms with E-state index < -0.39 is 11.6 Å². The quantitative estimate of drug-likeness (QED) is 0.785. The normalized spacial score (nSPS) is 30.3. The number of fused-ring (bicyclic) bond motifs is 2. The maximum absolute atomic E-state index is 13.3. The molecule has 0 unspecified atom stereocenters. The molecule has 1 saturated carbocycles. The number of carbonyl (C=O) groups excluding carboxylic acids is 2. The first-order valence-electron chi connectivity index (χ1n) is 10.1. The predicted molar refractivity (Wildman–Crippen MR) is 106 cm³/mol. The summed E-state index contributed by atoms with van der Waals surface area (Å²) in [6.07, 6.45) is 3.86. The molecule has 5 rings (SSSR count). The largest absolute Gasteiger partial charge is 0.467 e. The topological polar surface area (TPSA) is 67.4 Å². The molecule has 2 heterocycles. The van der Waals surface area contributed by atoms with Crippen molar-refractivity contribution in [1.29, 1.82) is 0 Å². The molecule has 1 saturated heterocycles. The van der Waals surface area contributed by atoms with Crippen molar-refractivity contribution in [1.82, 2.24) is 5.32 Å². The van der Waals surface area contributed by atoms with Gasteiger partial charge in [0.05, 0.1) is 0 Å². The monoisotopic (exact) mass is 376 g/mol. The zero-order chi connectivity index (χ0) is 19.3. The Morgan fingerprint density at radius 3 is 2.79 bits per heavy atom. The summed E-state index contributed by atoms with van der Waals surface area (Å²) in [7, 11) is 0. The van der Waals surface area contributed by atoms with Gasteiger partial charge in [0.15, 0.2) is 5.72 Å². The van der Waals surface area contributed by atoms with Gasteiger partial charge in [0.2, 0.25) is 11.8 Å². The van der Waals surface area contributed by atoms with Gasteiger partial charge in [-0.2, -0.15) is 0 Å². The lowest BCUT2D eigenvalue weighted by molar-refractivity contribution is -0.160. The molecule has 2 N–H and O–H groups in total. The molecule has 28 heavy (non-hydrogen) atoms. The minimum atomic E-state index is -0.763. The number of piperidine rings is 1. The van der Waals surface area contributed by atoms with E-state index in [1.165, 1.54) is 0 Å². The highest BCUT2D eigenvalue weighted by molar-refractivity contribution is 6.08. The van der Waals surface area contributed by atoms with E-state index >= 15 is 0 Å². The molecule has 0 spiro atoms. The second-order valence-corrected chi connectivity index (χ2v) is 8.18. The average Bonchev–Trinajstić information content (AvgIpc) is 2.68. The van der Waals surface area contributed by atoms with Crippen molar-refractivity contribution >= 4 is 17.5 Å². The van der Waals surface area contributed by atoms with Crippen LogP contribution in [0.25, 0.3) is 0 Å². The summed E-state index contributed by atoms with van der Waals surface area (Å²) in [6, 6.07) is 15.5. The van der Waals surface area contributed by atoms with Gasteiger partial charge in [-0.05, 0) is 43.0 Å². The van der Waals surface area contributed by atoms with Gasteiger partial charge in [0, 0.05) is 23.9 Å². The van der Waals surface area contributed by atoms with E-state index in [2.05, 4.69) is 10.6 Å². The molecule has 1 aliphatic carbocycles. The van der Waals surface area contributed by atoms with E-state index in [4.69, 9.17) is 4.74 Å². The Hall–Kier alpha value is -2.82. The van der Waals surface area contributed by atoms with E-state index in [1.54, 1.807) is 0 Å². The van der Waals surface area contributed by atoms with Gasteiger partial charge >= 0.3 is 0 Å². The number of para-hydroxylation sites is 2. The lowest BCUT2D eigenvalue weighted by Crippen LogP contribution is -2.69. The third-order valence-corrected chi connectivity index (χ3v) is 6.58. The third-order valence-electron chi connectivity index (χ3n) is 6.58. The van der Waals surface area contributed by atoms with Gasteiger partial charge in [0.25, 0.3) is 0 Å². The minimum Gasteiger partial charge on any atom is -0.467 e. The van der Waals surface area contributed by atoms with Crippen molar-refractivity contribution in [3.63, 3.8) is 0 Å². The number of amides is 2. The van der Waals surface area contributed by atoms with Crippen LogP contribution in [-0.2, 0) is 9.59 Å². The van der Waals surface area contributed by atoms with Crippen molar-refractivity contribution in [2.75, 3.05) is 5.32 Å². The number of benzene rings is 2. The van der Waals surface area contributed by atoms with Crippen molar-refractivity contribution < 1.29 is 14.3 Å². The van der Waals surface area contributed by atoms with Crippen LogP contribution in [0.2, 0.25) is 0 Å². The zero-order valence-electron chi connectivity index (χ0n) is 15.9. The molecule has 0 aromatic heterocycles. The molecule has 2 bridgehead atoms. The predicted octanol–water partition coefficient (Wildman–Crippen LogP) is 3.74. The van der Waals surface area contributed by atoms with Crippen molar-refractivity contribution in [2.45, 2.75) is 44.2 Å². The Kier molecular flexibility index (Phi) is 3.93. The van der Waals surface area contributed by atoms with E-state index in [-0.39, 0.29) is 23.7 Å². The maximum atomic E-state index is 13.3. The number of rotatable bonds is 2. The lowest BCUT2D eigenvalue weighted by Gasteiger charge is -2.55. The number of aryl methyl sites for hydroxylation is 1. The average molecular weight is 376 g/mol. The fourth-order valence-corrected chi connectivity index (χ4v) is 5.28. The second-order valence-electron chi connectivity index (χ2n) is 8.18. The molecule has 5 nitrogen and oxygen atoms in total. The van der Waals surface area contributed by atoms with Crippen LogP contribution in [0.3, 0.4) is 0 Å². The van der Waals surface area contributed by atoms with Crippen LogP contribution < -0.4 is 15.4 Å². The first-order valence-corrected chi connectivity index (χ1v) is 10.1. The van der Waals surface area contributed by atoms with E-state index in [1.807, 2.05) is 55.5 Å². The fraction of sp³-hybridized carbons (Fsp3) is 0.391. The highest BCUT2D eigenvalue weighted by atomic mass is 16.5. The molecule has 2 fully saturated rings. The summed E-state index contributed by atoms with van der Waals surface area (Å²) >= 11 is 0. The Morgan fingerprint density at radius 2 is 1.93 bits per heavy atom. The molecule has 3 aliphatic rings. The lowest BCUT2D eigenvalue weighted by atomic mass is 9.62. The summed E-state index contributed by atoms with van der Waals surface area (Å²) in [5, 5.41) is 6.11. The van der Waals surface area contributed by atoms with Crippen LogP contribution in [0, 0.1) is 18.8 Å². The first kappa shape index (κ1) is 17.3. The van der Waals surface area contributed by atoms with Crippen LogP contribution in [0.1, 0.15) is 42.7 Å². The highest BCUT2D eigenvalue weighted by Crippen LogP contribution is 2.55. The van der Waals surface area contributed by atoms with Crippen LogP contribution in [0.15, 0.2) is 48.5 Å². The molecule has 4 atom stereocenters. The summed E-state index contributed by atoms with van der Waals surface area (Å²) in [5.41, 5.74) is 2.03. The molecule has 144 valence electrons. The molecule has 2 amide bonds. The minimum absolute atomic E-state index is 0.112. The second kappa shape index (κ2) is 6.36. The maximum Gasteiger partial charge on any atom is 0.237 e. The van der Waals surface area contributed by atoms with E-state index in [9.17, 15) is 9.59 Å². The molecule has 0 radical (unpaired) electrons. The van der Waals surface area contributed by atoms with Gasteiger partial charge in [-0.15, -0.1) is 0 Å². The van der Waals surface area contributed by atoms with Crippen molar-refractivity contribution in [2.24, 2.45) is 11.8 Å². The third kappa shape index (κ3) is 2.53. The Labute approximate surface area is 164 Å². The fourth-order valence-electron chi connectivity index (χ4n) is 5.28. The van der Waals surface area contributed by atoms with Crippen LogP contribution in [-0.4, -0.2) is 17.5 Å². The van der Waals surface area contributed by atoms with Gasteiger partial charge in [-0.3, -0.25) is 9.59 Å². The van der Waals surface area contributed by atoms with E-state index in [0.29, 0.717) is 0 Å². The summed E-state index contributed by atoms with van der Waals surface area (Å²) < 4.78 is 6.37. The zero-order valence-corrected chi connectivity index (χ0v) is 15.9. The molecular weight excluding hydrogens is 352 g/mol. The Balaban J connectivity index is 1.57. The number of anilines is 1. The van der Waals surface area contributed by atoms with Crippen LogP contribution in [0.4, 0.5) is 5.69 Å². The Bertz CT molecular complexity index is 956. The molecular formula is C23H24N2O3. The van der Waals surface area contributed by atoms with Crippen molar-refractivity contribution in [3.05, 3.63) is 59.7 Å². The highest BCUT2D eigenvalue weighted by Gasteiger charge is 2.60. The number of carbonyl (C=O) groups is 2. The molecule has 2 aromatic rings. The van der Waals surface area contributed by atoms with Gasteiger partial charge < -0.3 is 15.4 Å². The SMILES string of the molecule is Cc1ccccc1NC(=O)[C@H]1C(=O)N[C@@]23CCCC[C@@H]2[C@H]1c1ccccc1O3. The van der Waals surface area contributed by atoms with E-state index in [0.717, 1.165) is 48.2 Å². The smallest absolute Gasteiger partial charge is 0.237 e. The molecule has 5 heteroatoms. The number of hydrogen-bond acceptors (Lipinski definition) is 3.